The molecule has 35 heavy (non-hydrogen) atoms. The van der Waals surface area contributed by atoms with E-state index in [0.717, 1.165) is 32.1 Å². The van der Waals surface area contributed by atoms with Crippen LogP contribution in [0.3, 0.4) is 0 Å². The average molecular weight is 492 g/mol. The van der Waals surface area contributed by atoms with E-state index in [9.17, 15) is 9.13 Å². The minimum atomic E-state index is -3.10. The Morgan fingerprint density at radius 1 is 0.400 bits per heavy atom. The summed E-state index contributed by atoms with van der Waals surface area (Å²) in [6, 6.07) is 46.5. The van der Waals surface area contributed by atoms with E-state index in [1.807, 2.05) is 146 Å². The highest BCUT2D eigenvalue weighted by Crippen LogP contribution is 2.48. The Hall–Kier alpha value is -3.44. The van der Waals surface area contributed by atoms with Crippen LogP contribution in [0.5, 0.6) is 0 Å². The predicted octanol–water partition coefficient (Wildman–Crippen LogP) is 5.84. The predicted molar refractivity (Wildman–Crippen MR) is 149 cm³/mol. The molecule has 5 aromatic carbocycles. The van der Waals surface area contributed by atoms with Crippen molar-refractivity contribution < 1.29 is 9.13 Å². The molecule has 0 radical (unpaired) electrons. The van der Waals surface area contributed by atoms with Gasteiger partial charge >= 0.3 is 0 Å². The first-order chi connectivity index (χ1) is 17.1. The van der Waals surface area contributed by atoms with Gasteiger partial charge in [-0.1, -0.05) is 140 Å². The number of benzene rings is 5. The molecule has 0 saturated carbocycles. The van der Waals surface area contributed by atoms with Gasteiger partial charge in [-0.2, -0.15) is 0 Å². The lowest BCUT2D eigenvalue weighted by atomic mass is 10.2. The van der Waals surface area contributed by atoms with Gasteiger partial charge in [0.15, 0.2) is 7.14 Å². The normalized spacial score (nSPS) is 11.8. The van der Waals surface area contributed by atoms with E-state index in [0.29, 0.717) is 6.16 Å². The molecule has 0 saturated heterocycles. The van der Waals surface area contributed by atoms with Gasteiger partial charge in [-0.3, -0.25) is 0 Å². The largest absolute Gasteiger partial charge is 0.313 e. The molecule has 0 unspecified atom stereocenters. The summed E-state index contributed by atoms with van der Waals surface area (Å²) in [7, 11) is -6.05. The number of hydrogen-bond acceptors (Lipinski definition) is 2. The van der Waals surface area contributed by atoms with Crippen LogP contribution in [0.1, 0.15) is 5.56 Å². The molecule has 0 heterocycles. The molecule has 172 valence electrons. The first-order valence-electron chi connectivity index (χ1n) is 11.6. The van der Waals surface area contributed by atoms with Gasteiger partial charge in [0.25, 0.3) is 0 Å². The third-order valence-corrected chi connectivity index (χ3v) is 12.4. The second-order valence-corrected chi connectivity index (χ2v) is 14.1. The van der Waals surface area contributed by atoms with Gasteiger partial charge in [0.2, 0.25) is 0 Å². The molecule has 0 bridgehead atoms. The molecule has 0 amide bonds. The van der Waals surface area contributed by atoms with Crippen LogP contribution >= 0.6 is 14.3 Å². The van der Waals surface area contributed by atoms with Crippen LogP contribution in [0.4, 0.5) is 0 Å². The zero-order valence-electron chi connectivity index (χ0n) is 19.3. The lowest BCUT2D eigenvalue weighted by Gasteiger charge is -2.22. The molecule has 0 spiro atoms. The summed E-state index contributed by atoms with van der Waals surface area (Å²) in [5.74, 6) is 0. The summed E-state index contributed by atoms with van der Waals surface area (Å²) >= 11 is 0. The van der Waals surface area contributed by atoms with Crippen LogP contribution in [-0.4, -0.2) is 0 Å². The molecule has 0 atom stereocenters. The van der Waals surface area contributed by atoms with E-state index in [1.54, 1.807) is 0 Å². The topological polar surface area (TPSA) is 34.1 Å². The lowest BCUT2D eigenvalue weighted by Crippen LogP contribution is -2.25. The van der Waals surface area contributed by atoms with Gasteiger partial charge < -0.3 is 9.13 Å². The molecule has 0 fully saturated rings. The highest BCUT2D eigenvalue weighted by Gasteiger charge is 2.31. The molecule has 5 aromatic rings. The standard InChI is InChI=1S/C31H26O2P2/c32-34(27-15-5-1-6-16-27,28-17-7-2-8-18-28)25-26-14-13-23-31(24-26)35(33,29-19-9-3-10-20-29)30-21-11-4-12-22-30/h1-24H,25H2. The van der Waals surface area contributed by atoms with Crippen molar-refractivity contribution in [3.05, 3.63) is 151 Å². The molecule has 0 N–H and O–H groups in total. The molecule has 5 rings (SSSR count). The molecule has 0 aromatic heterocycles. The van der Waals surface area contributed by atoms with Gasteiger partial charge in [-0.05, 0) is 11.6 Å². The lowest BCUT2D eigenvalue weighted by molar-refractivity contribution is 0.586. The van der Waals surface area contributed by atoms with Crippen molar-refractivity contribution in [2.24, 2.45) is 0 Å². The van der Waals surface area contributed by atoms with Crippen LogP contribution in [0, 0.1) is 0 Å². The van der Waals surface area contributed by atoms with Gasteiger partial charge in [0.1, 0.15) is 7.14 Å². The van der Waals surface area contributed by atoms with E-state index < -0.39 is 14.3 Å². The van der Waals surface area contributed by atoms with Gasteiger partial charge in [-0.25, -0.2) is 0 Å². The van der Waals surface area contributed by atoms with Crippen molar-refractivity contribution in [3.63, 3.8) is 0 Å². The molecule has 2 nitrogen and oxygen atoms in total. The molecule has 0 aliphatic rings. The van der Waals surface area contributed by atoms with Crippen LogP contribution in [0.15, 0.2) is 146 Å². The van der Waals surface area contributed by atoms with Crippen LogP contribution in [0.2, 0.25) is 0 Å². The van der Waals surface area contributed by atoms with Crippen molar-refractivity contribution >= 4 is 40.8 Å². The Bertz CT molecular complexity index is 1410. The third-order valence-electron chi connectivity index (χ3n) is 6.27. The first kappa shape index (κ1) is 23.3. The van der Waals surface area contributed by atoms with E-state index in [-0.39, 0.29) is 0 Å². The molecule has 0 aliphatic carbocycles. The second kappa shape index (κ2) is 10.0. The average Bonchev–Trinajstić information content (AvgIpc) is 2.94. The summed E-state index contributed by atoms with van der Waals surface area (Å²) < 4.78 is 29.4. The van der Waals surface area contributed by atoms with Gasteiger partial charge in [0, 0.05) is 32.7 Å². The zero-order chi connectivity index (χ0) is 24.1. The van der Waals surface area contributed by atoms with Crippen molar-refractivity contribution in [3.8, 4) is 0 Å². The Morgan fingerprint density at radius 2 is 0.771 bits per heavy atom. The highest BCUT2D eigenvalue weighted by molar-refractivity contribution is 7.85. The Morgan fingerprint density at radius 3 is 1.20 bits per heavy atom. The fraction of sp³-hybridized carbons (Fsp3) is 0.0323. The van der Waals surface area contributed by atoms with E-state index in [4.69, 9.17) is 0 Å². The fourth-order valence-corrected chi connectivity index (χ4v) is 9.90. The van der Waals surface area contributed by atoms with E-state index in [2.05, 4.69) is 0 Å². The zero-order valence-corrected chi connectivity index (χ0v) is 21.1. The van der Waals surface area contributed by atoms with Crippen LogP contribution < -0.4 is 26.5 Å². The van der Waals surface area contributed by atoms with Crippen molar-refractivity contribution in [1.29, 1.82) is 0 Å². The summed E-state index contributed by atoms with van der Waals surface area (Å²) in [5, 5.41) is 3.98. The Labute approximate surface area is 207 Å². The molecule has 0 aliphatic heterocycles. The van der Waals surface area contributed by atoms with E-state index >= 15 is 0 Å². The minimum Gasteiger partial charge on any atom is -0.313 e. The number of hydrogen-bond donors (Lipinski definition) is 0. The van der Waals surface area contributed by atoms with Crippen LogP contribution in [0.25, 0.3) is 0 Å². The monoisotopic (exact) mass is 492 g/mol. The Balaban J connectivity index is 1.63. The summed E-state index contributed by atoms with van der Waals surface area (Å²) in [6.45, 7) is 0. The maximum atomic E-state index is 14.8. The minimum absolute atomic E-state index is 0.360. The van der Waals surface area contributed by atoms with Gasteiger partial charge in [-0.15, -0.1) is 0 Å². The maximum Gasteiger partial charge on any atom is 0.171 e. The Kier molecular flexibility index (Phi) is 6.69. The highest BCUT2D eigenvalue weighted by atomic mass is 31.2. The maximum absolute atomic E-state index is 14.8. The summed E-state index contributed by atoms with van der Waals surface area (Å²) in [6.07, 6.45) is 0.360. The second-order valence-electron chi connectivity index (χ2n) is 8.52. The number of rotatable bonds is 7. The first-order valence-corrected chi connectivity index (χ1v) is 15.2. The molecular weight excluding hydrogens is 466 g/mol. The van der Waals surface area contributed by atoms with Crippen molar-refractivity contribution in [2.45, 2.75) is 6.16 Å². The molecule has 4 heteroatoms. The van der Waals surface area contributed by atoms with Crippen LogP contribution in [-0.2, 0) is 15.3 Å². The SMILES string of the molecule is O=P(Cc1cccc(P(=O)(c2ccccc2)c2ccccc2)c1)(c1ccccc1)c1ccccc1. The third kappa shape index (κ3) is 4.61. The van der Waals surface area contributed by atoms with E-state index in [1.165, 1.54) is 0 Å². The van der Waals surface area contributed by atoms with Crippen molar-refractivity contribution in [1.82, 2.24) is 0 Å². The quantitative estimate of drug-likeness (QED) is 0.268. The smallest absolute Gasteiger partial charge is 0.171 e. The fourth-order valence-electron chi connectivity index (χ4n) is 4.50. The summed E-state index contributed by atoms with van der Waals surface area (Å²) in [4.78, 5) is 0. The molecular formula is C31H26O2P2. The van der Waals surface area contributed by atoms with Crippen molar-refractivity contribution in [2.75, 3.05) is 0 Å². The summed E-state index contributed by atoms with van der Waals surface area (Å²) in [5.41, 5.74) is 0.908. The van der Waals surface area contributed by atoms with Gasteiger partial charge in [0.05, 0.1) is 0 Å².